The molecular weight excluding hydrogens is 300 g/mol. The molecule has 0 bridgehead atoms. The lowest BCUT2D eigenvalue weighted by Gasteiger charge is -2.26. The molecule has 0 unspecified atom stereocenters. The Labute approximate surface area is 134 Å². The normalized spacial score (nSPS) is 12.5. The van der Waals surface area contributed by atoms with Crippen molar-refractivity contribution in [2.24, 2.45) is 0 Å². The van der Waals surface area contributed by atoms with Crippen LogP contribution in [0.1, 0.15) is 45.6 Å². The van der Waals surface area contributed by atoms with Gasteiger partial charge in [-0.1, -0.05) is 31.9 Å². The van der Waals surface area contributed by atoms with Gasteiger partial charge in [0, 0.05) is 12.1 Å². The highest BCUT2D eigenvalue weighted by atomic mass is 16.6. The van der Waals surface area contributed by atoms with Gasteiger partial charge in [0.1, 0.15) is 6.04 Å². The second-order valence-corrected chi connectivity index (χ2v) is 5.94. The number of unbranched alkanes of at least 4 members (excludes halogenated alkanes) is 1. The molecule has 0 aliphatic carbocycles. The Bertz CT molecular complexity index is 581. The van der Waals surface area contributed by atoms with Gasteiger partial charge in [0.05, 0.1) is 10.3 Å². The lowest BCUT2D eigenvalue weighted by molar-refractivity contribution is -0.384. The fraction of sp³-hybridized carbons (Fsp3) is 0.500. The lowest BCUT2D eigenvalue weighted by atomic mass is 9.83. The Morgan fingerprint density at radius 3 is 2.30 bits per heavy atom. The van der Waals surface area contributed by atoms with Gasteiger partial charge in [0.2, 0.25) is 5.91 Å². The Balaban J connectivity index is 2.90. The first-order valence-corrected chi connectivity index (χ1v) is 7.48. The largest absolute Gasteiger partial charge is 0.480 e. The van der Waals surface area contributed by atoms with Crippen molar-refractivity contribution in [3.63, 3.8) is 0 Å². The number of carbonyl (C=O) groups excluding carboxylic acids is 1. The number of carboxylic acids is 1. The summed E-state index contributed by atoms with van der Waals surface area (Å²) in [6.45, 7) is 5.26. The summed E-state index contributed by atoms with van der Waals surface area (Å²) in [4.78, 5) is 33.9. The average molecular weight is 322 g/mol. The van der Waals surface area contributed by atoms with Gasteiger partial charge < -0.3 is 10.4 Å². The summed E-state index contributed by atoms with van der Waals surface area (Å²) in [6, 6.07) is 4.76. The van der Waals surface area contributed by atoms with Crippen LogP contribution in [0, 0.1) is 10.1 Å². The summed E-state index contributed by atoms with van der Waals surface area (Å²) < 4.78 is 0. The first-order valence-electron chi connectivity index (χ1n) is 7.48. The summed E-state index contributed by atoms with van der Waals surface area (Å²) >= 11 is 0. The Morgan fingerprint density at radius 1 is 1.30 bits per heavy atom. The molecule has 1 aromatic carbocycles. The zero-order valence-corrected chi connectivity index (χ0v) is 13.5. The fourth-order valence-corrected chi connectivity index (χ4v) is 2.14. The van der Waals surface area contributed by atoms with E-state index in [9.17, 15) is 24.8 Å². The number of nitrogens with one attached hydrogen (secondary N) is 1. The minimum absolute atomic E-state index is 0.0590. The molecule has 0 aliphatic heterocycles. The number of rotatable bonds is 8. The van der Waals surface area contributed by atoms with Crippen molar-refractivity contribution in [1.82, 2.24) is 5.32 Å². The molecule has 1 aromatic rings. The van der Waals surface area contributed by atoms with Crippen LogP contribution in [0.3, 0.4) is 0 Å². The number of benzene rings is 1. The highest BCUT2D eigenvalue weighted by Gasteiger charge is 2.33. The first kappa shape index (κ1) is 18.6. The van der Waals surface area contributed by atoms with Crippen LogP contribution >= 0.6 is 0 Å². The average Bonchev–Trinajstić information content (AvgIpc) is 2.50. The molecule has 126 valence electrons. The van der Waals surface area contributed by atoms with Gasteiger partial charge in [0.15, 0.2) is 0 Å². The predicted molar refractivity (Wildman–Crippen MR) is 85.2 cm³/mol. The Kier molecular flexibility index (Phi) is 6.24. The van der Waals surface area contributed by atoms with Crippen LogP contribution in [0.5, 0.6) is 0 Å². The molecule has 0 saturated heterocycles. The maximum Gasteiger partial charge on any atom is 0.326 e. The molecule has 0 aromatic heterocycles. The number of amides is 1. The van der Waals surface area contributed by atoms with E-state index >= 15 is 0 Å². The highest BCUT2D eigenvalue weighted by molar-refractivity contribution is 5.90. The third kappa shape index (κ3) is 4.77. The molecule has 1 rings (SSSR count). The maximum atomic E-state index is 12.5. The summed E-state index contributed by atoms with van der Waals surface area (Å²) in [5.41, 5.74) is -0.466. The molecule has 1 amide bonds. The molecule has 7 nitrogen and oxygen atoms in total. The van der Waals surface area contributed by atoms with Crippen LogP contribution in [0.15, 0.2) is 24.3 Å². The molecule has 0 spiro atoms. The van der Waals surface area contributed by atoms with E-state index in [0.717, 1.165) is 6.42 Å². The molecule has 2 N–H and O–H groups in total. The number of nitro benzene ring substituents is 1. The zero-order valence-electron chi connectivity index (χ0n) is 13.5. The summed E-state index contributed by atoms with van der Waals surface area (Å²) in [6.07, 6.45) is 1.91. The topological polar surface area (TPSA) is 110 Å². The molecule has 1 atom stereocenters. The maximum absolute atomic E-state index is 12.5. The Morgan fingerprint density at radius 2 is 1.87 bits per heavy atom. The predicted octanol–water partition coefficient (Wildman–Crippen LogP) is 2.63. The monoisotopic (exact) mass is 322 g/mol. The van der Waals surface area contributed by atoms with Crippen molar-refractivity contribution in [3.8, 4) is 0 Å². The second kappa shape index (κ2) is 7.71. The minimum Gasteiger partial charge on any atom is -0.480 e. The Hall–Kier alpha value is -2.44. The van der Waals surface area contributed by atoms with Crippen LogP contribution in [0.2, 0.25) is 0 Å². The minimum atomic E-state index is -1.06. The summed E-state index contributed by atoms with van der Waals surface area (Å²) in [5.74, 6) is -1.49. The number of hydrogen-bond acceptors (Lipinski definition) is 4. The van der Waals surface area contributed by atoms with E-state index in [0.29, 0.717) is 18.4 Å². The number of nitrogens with zero attached hydrogens (tertiary/aromatic N) is 1. The van der Waals surface area contributed by atoms with Crippen molar-refractivity contribution < 1.29 is 19.6 Å². The molecule has 7 heteroatoms. The SMILES string of the molecule is CCCC[C@H](NC(=O)C(C)(C)c1ccc([N+](=O)[O-])cc1)C(=O)O. The molecule has 0 heterocycles. The molecule has 0 fully saturated rings. The third-order valence-electron chi connectivity index (χ3n) is 3.82. The van der Waals surface area contributed by atoms with E-state index in [1.54, 1.807) is 13.8 Å². The van der Waals surface area contributed by atoms with E-state index in [1.807, 2.05) is 6.92 Å². The van der Waals surface area contributed by atoms with Crippen LogP contribution in [0.25, 0.3) is 0 Å². The number of carbonyl (C=O) groups is 2. The van der Waals surface area contributed by atoms with Crippen LogP contribution in [0.4, 0.5) is 5.69 Å². The zero-order chi connectivity index (χ0) is 17.6. The quantitative estimate of drug-likeness (QED) is 0.565. The summed E-state index contributed by atoms with van der Waals surface area (Å²) in [5, 5.41) is 22.4. The number of nitro groups is 1. The van der Waals surface area contributed by atoms with E-state index < -0.39 is 28.3 Å². The fourth-order valence-electron chi connectivity index (χ4n) is 2.14. The van der Waals surface area contributed by atoms with E-state index in [-0.39, 0.29) is 5.69 Å². The molecular formula is C16H22N2O5. The van der Waals surface area contributed by atoms with E-state index in [4.69, 9.17) is 0 Å². The molecule has 0 radical (unpaired) electrons. The molecule has 0 aliphatic rings. The lowest BCUT2D eigenvalue weighted by Crippen LogP contribution is -2.48. The highest BCUT2D eigenvalue weighted by Crippen LogP contribution is 2.25. The first-order chi connectivity index (χ1) is 10.7. The third-order valence-corrected chi connectivity index (χ3v) is 3.82. The van der Waals surface area contributed by atoms with Gasteiger partial charge in [-0.25, -0.2) is 4.79 Å². The van der Waals surface area contributed by atoms with Crippen molar-refractivity contribution in [2.45, 2.75) is 51.5 Å². The standard InChI is InChI=1S/C16H22N2O5/c1-4-5-6-13(14(19)20)17-15(21)16(2,3)11-7-9-12(10-8-11)18(22)23/h7-10,13H,4-6H2,1-3H3,(H,17,21)(H,19,20)/t13-/m0/s1. The molecule has 23 heavy (non-hydrogen) atoms. The van der Waals surface area contributed by atoms with Gasteiger partial charge in [-0.15, -0.1) is 0 Å². The number of aliphatic carboxylic acids is 1. The number of carboxylic acid groups (broad SMARTS) is 1. The summed E-state index contributed by atoms with van der Waals surface area (Å²) in [7, 11) is 0. The second-order valence-electron chi connectivity index (χ2n) is 5.94. The van der Waals surface area contributed by atoms with Gasteiger partial charge in [-0.2, -0.15) is 0 Å². The van der Waals surface area contributed by atoms with Crippen LogP contribution in [-0.2, 0) is 15.0 Å². The van der Waals surface area contributed by atoms with Crippen LogP contribution < -0.4 is 5.32 Å². The number of hydrogen-bond donors (Lipinski definition) is 2. The van der Waals surface area contributed by atoms with Crippen molar-refractivity contribution in [3.05, 3.63) is 39.9 Å². The molecule has 0 saturated carbocycles. The smallest absolute Gasteiger partial charge is 0.326 e. The van der Waals surface area contributed by atoms with Gasteiger partial charge >= 0.3 is 5.97 Å². The van der Waals surface area contributed by atoms with Crippen molar-refractivity contribution in [2.75, 3.05) is 0 Å². The van der Waals surface area contributed by atoms with Crippen molar-refractivity contribution >= 4 is 17.6 Å². The van der Waals surface area contributed by atoms with Crippen LogP contribution in [-0.4, -0.2) is 27.9 Å². The van der Waals surface area contributed by atoms with Gasteiger partial charge in [-0.05, 0) is 25.8 Å². The van der Waals surface area contributed by atoms with Gasteiger partial charge in [0.25, 0.3) is 5.69 Å². The van der Waals surface area contributed by atoms with E-state index in [2.05, 4.69) is 5.32 Å². The number of non-ortho nitro benzene ring substituents is 1. The van der Waals surface area contributed by atoms with E-state index in [1.165, 1.54) is 24.3 Å². The van der Waals surface area contributed by atoms with Gasteiger partial charge in [-0.3, -0.25) is 14.9 Å². The van der Waals surface area contributed by atoms with Crippen molar-refractivity contribution in [1.29, 1.82) is 0 Å².